The van der Waals surface area contributed by atoms with Crippen LogP contribution in [0, 0.1) is 24.1 Å². The maximum atomic E-state index is 13.0. The van der Waals surface area contributed by atoms with E-state index in [0.717, 1.165) is 17.0 Å². The van der Waals surface area contributed by atoms with Gasteiger partial charge in [0, 0.05) is 17.0 Å². The summed E-state index contributed by atoms with van der Waals surface area (Å²) in [6, 6.07) is 11.9. The van der Waals surface area contributed by atoms with Crippen LogP contribution in [0.5, 0.6) is 0 Å². The van der Waals surface area contributed by atoms with Crippen LogP contribution in [0.3, 0.4) is 0 Å². The first-order valence-corrected chi connectivity index (χ1v) is 7.44. The molecule has 0 saturated heterocycles. The van der Waals surface area contributed by atoms with Crippen molar-refractivity contribution < 1.29 is 8.81 Å². The fourth-order valence-electron chi connectivity index (χ4n) is 1.97. The third-order valence-electron chi connectivity index (χ3n) is 3.04. The smallest absolute Gasteiger partial charge is 0.134 e. The number of nitrogens with zero attached hydrogens (tertiary/aromatic N) is 2. The molecule has 0 N–H and O–H groups in total. The normalized spacial score (nSPS) is 11.4. The van der Waals surface area contributed by atoms with Gasteiger partial charge in [-0.3, -0.25) is 0 Å². The average molecular weight is 310 g/mol. The molecule has 0 unspecified atom stereocenters. The van der Waals surface area contributed by atoms with Gasteiger partial charge in [0.25, 0.3) is 0 Å². The molecule has 1 aromatic carbocycles. The number of furan rings is 1. The van der Waals surface area contributed by atoms with Crippen molar-refractivity contribution in [2.45, 2.75) is 6.92 Å². The molecule has 3 rings (SSSR count). The molecule has 2 heterocycles. The first-order valence-electron chi connectivity index (χ1n) is 6.56. The molecule has 22 heavy (non-hydrogen) atoms. The lowest BCUT2D eigenvalue weighted by atomic mass is 10.2. The van der Waals surface area contributed by atoms with Gasteiger partial charge >= 0.3 is 0 Å². The number of aryl methyl sites for hydroxylation is 1. The summed E-state index contributed by atoms with van der Waals surface area (Å²) in [5, 5.41) is 11.8. The van der Waals surface area contributed by atoms with Crippen LogP contribution in [0.4, 0.5) is 4.39 Å². The van der Waals surface area contributed by atoms with Crippen molar-refractivity contribution in [3.8, 4) is 17.3 Å². The molecule has 0 saturated carbocycles. The Morgan fingerprint density at radius 3 is 2.68 bits per heavy atom. The van der Waals surface area contributed by atoms with Gasteiger partial charge in [-0.05, 0) is 43.3 Å². The van der Waals surface area contributed by atoms with Crippen molar-refractivity contribution in [3.63, 3.8) is 0 Å². The second-order valence-electron chi connectivity index (χ2n) is 4.66. The van der Waals surface area contributed by atoms with Crippen LogP contribution < -0.4 is 0 Å². The molecule has 0 spiro atoms. The molecular weight excluding hydrogens is 299 g/mol. The highest BCUT2D eigenvalue weighted by Crippen LogP contribution is 2.27. The molecule has 0 bridgehead atoms. The van der Waals surface area contributed by atoms with Gasteiger partial charge in [0.05, 0.1) is 11.3 Å². The molecule has 108 valence electrons. The minimum absolute atomic E-state index is 0.287. The minimum atomic E-state index is -0.287. The Labute approximate surface area is 131 Å². The number of thiazole rings is 1. The van der Waals surface area contributed by atoms with Crippen LogP contribution >= 0.6 is 11.3 Å². The van der Waals surface area contributed by atoms with Crippen LogP contribution in [0.2, 0.25) is 0 Å². The molecule has 0 aliphatic carbocycles. The maximum Gasteiger partial charge on any atom is 0.134 e. The summed E-state index contributed by atoms with van der Waals surface area (Å²) in [5.41, 5.74) is 1.97. The van der Waals surface area contributed by atoms with Crippen molar-refractivity contribution in [1.29, 1.82) is 5.26 Å². The number of aromatic nitrogens is 1. The number of benzene rings is 1. The van der Waals surface area contributed by atoms with Crippen molar-refractivity contribution in [2.24, 2.45) is 0 Å². The number of halogens is 1. The van der Waals surface area contributed by atoms with Gasteiger partial charge in [-0.15, -0.1) is 11.3 Å². The van der Waals surface area contributed by atoms with Gasteiger partial charge in [0.2, 0.25) is 0 Å². The quantitative estimate of drug-likeness (QED) is 0.645. The van der Waals surface area contributed by atoms with Crippen molar-refractivity contribution in [2.75, 3.05) is 0 Å². The lowest BCUT2D eigenvalue weighted by molar-refractivity contribution is 0.525. The van der Waals surface area contributed by atoms with Gasteiger partial charge < -0.3 is 4.42 Å². The van der Waals surface area contributed by atoms with E-state index in [2.05, 4.69) is 11.1 Å². The number of rotatable bonds is 3. The number of nitriles is 1. The number of hydrogen-bond donors (Lipinski definition) is 0. The Kier molecular flexibility index (Phi) is 3.86. The van der Waals surface area contributed by atoms with Crippen molar-refractivity contribution >= 4 is 23.0 Å². The van der Waals surface area contributed by atoms with Crippen LogP contribution in [-0.2, 0) is 0 Å². The van der Waals surface area contributed by atoms with E-state index in [-0.39, 0.29) is 5.82 Å². The number of allylic oxidation sites excluding steroid dienone is 1. The zero-order valence-electron chi connectivity index (χ0n) is 11.7. The van der Waals surface area contributed by atoms with E-state index in [1.807, 2.05) is 18.4 Å². The van der Waals surface area contributed by atoms with Crippen LogP contribution in [0.1, 0.15) is 16.5 Å². The minimum Gasteiger partial charge on any atom is -0.462 e. The molecule has 0 fully saturated rings. The summed E-state index contributed by atoms with van der Waals surface area (Å²) in [6.45, 7) is 1.85. The summed E-state index contributed by atoms with van der Waals surface area (Å²) < 4.78 is 18.4. The summed E-state index contributed by atoms with van der Waals surface area (Å²) >= 11 is 1.37. The zero-order valence-corrected chi connectivity index (χ0v) is 12.5. The molecule has 0 aliphatic rings. The molecule has 5 heteroatoms. The Morgan fingerprint density at radius 1 is 1.27 bits per heavy atom. The second-order valence-corrected chi connectivity index (χ2v) is 5.52. The van der Waals surface area contributed by atoms with E-state index in [1.165, 1.54) is 23.5 Å². The molecule has 0 amide bonds. The molecule has 0 aliphatic heterocycles. The average Bonchev–Trinajstić information content (AvgIpc) is 3.15. The molecule has 3 nitrogen and oxygen atoms in total. The third-order valence-corrected chi connectivity index (χ3v) is 3.92. The molecular formula is C17H11FN2OS. The Balaban J connectivity index is 1.93. The van der Waals surface area contributed by atoms with Crippen molar-refractivity contribution in [1.82, 2.24) is 4.98 Å². The summed E-state index contributed by atoms with van der Waals surface area (Å²) in [4.78, 5) is 4.45. The molecule has 2 aromatic heterocycles. The largest absolute Gasteiger partial charge is 0.462 e. The van der Waals surface area contributed by atoms with E-state index < -0.39 is 0 Å². The van der Waals surface area contributed by atoms with Gasteiger partial charge in [0.1, 0.15) is 28.4 Å². The van der Waals surface area contributed by atoms with Crippen LogP contribution in [-0.4, -0.2) is 4.98 Å². The van der Waals surface area contributed by atoms with E-state index >= 15 is 0 Å². The van der Waals surface area contributed by atoms with Gasteiger partial charge in [-0.2, -0.15) is 5.26 Å². The maximum absolute atomic E-state index is 13.0. The monoisotopic (exact) mass is 310 g/mol. The predicted molar refractivity (Wildman–Crippen MR) is 84.4 cm³/mol. The molecule has 0 radical (unpaired) electrons. The lowest BCUT2D eigenvalue weighted by Gasteiger charge is -1.96. The SMILES string of the molecule is Cc1ccc(/C=C(\C#N)c2nc(-c3ccc(F)cc3)cs2)o1. The first kappa shape index (κ1) is 14.2. The van der Waals surface area contributed by atoms with E-state index in [4.69, 9.17) is 4.42 Å². The molecule has 3 aromatic rings. The zero-order chi connectivity index (χ0) is 15.5. The Hall–Kier alpha value is -2.71. The van der Waals surface area contributed by atoms with Gasteiger partial charge in [0.15, 0.2) is 0 Å². The highest BCUT2D eigenvalue weighted by Gasteiger charge is 2.10. The second kappa shape index (κ2) is 5.96. The van der Waals surface area contributed by atoms with Crippen molar-refractivity contribution in [3.05, 3.63) is 64.1 Å². The fourth-order valence-corrected chi connectivity index (χ4v) is 2.76. The molecule has 0 atom stereocenters. The van der Waals surface area contributed by atoms with Gasteiger partial charge in [-0.1, -0.05) is 0 Å². The topological polar surface area (TPSA) is 49.8 Å². The summed E-state index contributed by atoms with van der Waals surface area (Å²) in [7, 11) is 0. The van der Waals surface area contributed by atoms with Crippen LogP contribution in [0.25, 0.3) is 22.9 Å². The summed E-state index contributed by atoms with van der Waals surface area (Å²) in [6.07, 6.45) is 1.67. The first-order chi connectivity index (χ1) is 10.7. The van der Waals surface area contributed by atoms with E-state index in [0.29, 0.717) is 16.3 Å². The fraction of sp³-hybridized carbons (Fsp3) is 0.0588. The lowest BCUT2D eigenvalue weighted by Crippen LogP contribution is -1.83. The predicted octanol–water partition coefficient (Wildman–Crippen LogP) is 4.91. The highest BCUT2D eigenvalue weighted by atomic mass is 32.1. The third kappa shape index (κ3) is 2.97. The van der Waals surface area contributed by atoms with E-state index in [9.17, 15) is 9.65 Å². The highest BCUT2D eigenvalue weighted by molar-refractivity contribution is 7.11. The van der Waals surface area contributed by atoms with E-state index in [1.54, 1.807) is 24.3 Å². The number of hydrogen-bond acceptors (Lipinski definition) is 4. The Bertz CT molecular complexity index is 869. The van der Waals surface area contributed by atoms with Gasteiger partial charge in [-0.25, -0.2) is 9.37 Å². The van der Waals surface area contributed by atoms with Crippen LogP contribution in [0.15, 0.2) is 46.2 Å². The Morgan fingerprint density at radius 2 is 2.05 bits per heavy atom. The summed E-state index contributed by atoms with van der Waals surface area (Å²) in [5.74, 6) is 1.12. The standard InChI is InChI=1S/C17H11FN2OS/c1-11-2-7-15(21-11)8-13(9-19)17-20-16(10-22-17)12-3-5-14(18)6-4-12/h2-8,10H,1H3/b13-8+.